The van der Waals surface area contributed by atoms with Crippen LogP contribution in [0.1, 0.15) is 31.2 Å². The molecule has 0 saturated carbocycles. The van der Waals surface area contributed by atoms with Crippen molar-refractivity contribution in [2.75, 3.05) is 0 Å². The molecule has 8 heteroatoms. The molecule has 2 heterocycles. The largest absolute Gasteiger partial charge is 0.416 e. The minimum atomic E-state index is -4.46. The van der Waals surface area contributed by atoms with E-state index in [4.69, 9.17) is 0 Å². The fraction of sp³-hybridized carbons (Fsp3) is 0.400. The first-order valence-electron chi connectivity index (χ1n) is 6.80. The van der Waals surface area contributed by atoms with E-state index in [-0.39, 0.29) is 11.7 Å². The number of aryl methyl sites for hydroxylation is 1. The smallest absolute Gasteiger partial charge is 0.276 e. The normalized spacial score (nSPS) is 13.4. The first-order valence-corrected chi connectivity index (χ1v) is 7.62. The summed E-state index contributed by atoms with van der Waals surface area (Å²) in [6.45, 7) is 6.97. The van der Waals surface area contributed by atoms with Crippen molar-refractivity contribution in [2.45, 2.75) is 33.9 Å². The Morgan fingerprint density at radius 2 is 1.96 bits per heavy atom. The summed E-state index contributed by atoms with van der Waals surface area (Å²) in [7, 11) is 0. The monoisotopic (exact) mass is 343 g/mol. The molecule has 0 atom stereocenters. The van der Waals surface area contributed by atoms with E-state index in [1.807, 2.05) is 0 Å². The summed E-state index contributed by atoms with van der Waals surface area (Å²) in [4.78, 5) is 21.2. The van der Waals surface area contributed by atoms with Gasteiger partial charge < -0.3 is 0 Å². The standard InChI is InChI=1S/C15H16F3N3OS/c1-9-8-21(13(23-9)20-12(22)14(2,3)4)11-7-10(5-6-19-11)15(16,17)18/h5-8H,1-4H3. The van der Waals surface area contributed by atoms with Crippen LogP contribution in [0.25, 0.3) is 5.82 Å². The van der Waals surface area contributed by atoms with E-state index in [1.54, 1.807) is 33.9 Å². The van der Waals surface area contributed by atoms with Gasteiger partial charge in [0.25, 0.3) is 5.91 Å². The van der Waals surface area contributed by atoms with Crippen LogP contribution in [0.2, 0.25) is 0 Å². The molecular weight excluding hydrogens is 327 g/mol. The van der Waals surface area contributed by atoms with Crippen molar-refractivity contribution in [1.29, 1.82) is 0 Å². The van der Waals surface area contributed by atoms with E-state index in [9.17, 15) is 18.0 Å². The number of hydrogen-bond acceptors (Lipinski definition) is 3. The van der Waals surface area contributed by atoms with Gasteiger partial charge in [0.2, 0.25) is 0 Å². The molecule has 0 aromatic carbocycles. The summed E-state index contributed by atoms with van der Waals surface area (Å²) in [5.41, 5.74) is -1.47. The minimum absolute atomic E-state index is 0.0737. The van der Waals surface area contributed by atoms with Gasteiger partial charge in [-0.1, -0.05) is 20.8 Å². The van der Waals surface area contributed by atoms with Crippen LogP contribution in [0.3, 0.4) is 0 Å². The highest BCUT2D eigenvalue weighted by atomic mass is 32.1. The van der Waals surface area contributed by atoms with Crippen LogP contribution < -0.4 is 4.80 Å². The second-order valence-corrected chi connectivity index (χ2v) is 7.28. The molecule has 2 aromatic rings. The number of nitrogens with zero attached hydrogens (tertiary/aromatic N) is 3. The van der Waals surface area contributed by atoms with Gasteiger partial charge in [-0.3, -0.25) is 9.36 Å². The molecule has 4 nitrogen and oxygen atoms in total. The Hall–Kier alpha value is -1.96. The number of hydrogen-bond donors (Lipinski definition) is 0. The topological polar surface area (TPSA) is 47.2 Å². The first-order chi connectivity index (χ1) is 10.5. The van der Waals surface area contributed by atoms with Gasteiger partial charge in [0, 0.05) is 22.7 Å². The van der Waals surface area contributed by atoms with Gasteiger partial charge in [0.1, 0.15) is 5.82 Å². The zero-order valence-corrected chi connectivity index (χ0v) is 13.9. The predicted octanol–water partition coefficient (Wildman–Crippen LogP) is 3.73. The lowest BCUT2D eigenvalue weighted by atomic mass is 9.96. The summed E-state index contributed by atoms with van der Waals surface area (Å²) in [6, 6.07) is 1.84. The SMILES string of the molecule is Cc1cn(-c2cc(C(F)(F)F)ccn2)c(=NC(=O)C(C)(C)C)s1. The minimum Gasteiger partial charge on any atom is -0.276 e. The second kappa shape index (κ2) is 5.92. The molecule has 0 radical (unpaired) electrons. The lowest BCUT2D eigenvalue weighted by Gasteiger charge is -2.12. The number of carbonyl (C=O) groups excluding carboxylic acids is 1. The fourth-order valence-electron chi connectivity index (χ4n) is 1.68. The van der Waals surface area contributed by atoms with Crippen molar-refractivity contribution in [3.8, 4) is 5.82 Å². The maximum absolute atomic E-state index is 12.8. The van der Waals surface area contributed by atoms with E-state index in [2.05, 4.69) is 9.98 Å². The summed E-state index contributed by atoms with van der Waals surface area (Å²) in [5, 5.41) is 0. The molecule has 124 valence electrons. The van der Waals surface area contributed by atoms with Crippen molar-refractivity contribution in [1.82, 2.24) is 9.55 Å². The average Bonchev–Trinajstić information content (AvgIpc) is 2.78. The number of halogens is 3. The van der Waals surface area contributed by atoms with Crippen LogP contribution in [0.4, 0.5) is 13.2 Å². The van der Waals surface area contributed by atoms with Crippen LogP contribution >= 0.6 is 11.3 Å². The quantitative estimate of drug-likeness (QED) is 0.792. The zero-order chi connectivity index (χ0) is 17.4. The highest BCUT2D eigenvalue weighted by molar-refractivity contribution is 7.09. The lowest BCUT2D eigenvalue weighted by molar-refractivity contribution is -0.137. The van der Waals surface area contributed by atoms with Gasteiger partial charge in [-0.15, -0.1) is 11.3 Å². The zero-order valence-electron chi connectivity index (χ0n) is 13.1. The number of pyridine rings is 1. The molecule has 2 rings (SSSR count). The second-order valence-electron chi connectivity index (χ2n) is 6.06. The molecule has 0 aliphatic heterocycles. The highest BCUT2D eigenvalue weighted by Gasteiger charge is 2.31. The lowest BCUT2D eigenvalue weighted by Crippen LogP contribution is -2.23. The Labute approximate surface area is 135 Å². The molecule has 2 aromatic heterocycles. The Balaban J connectivity index is 2.58. The van der Waals surface area contributed by atoms with E-state index in [1.165, 1.54) is 15.9 Å². The van der Waals surface area contributed by atoms with Crippen molar-refractivity contribution in [3.05, 3.63) is 39.8 Å². The van der Waals surface area contributed by atoms with Gasteiger partial charge in [-0.05, 0) is 19.1 Å². The molecule has 0 saturated heterocycles. The van der Waals surface area contributed by atoms with Gasteiger partial charge >= 0.3 is 6.18 Å². The Morgan fingerprint density at radius 3 is 2.52 bits per heavy atom. The number of rotatable bonds is 1. The van der Waals surface area contributed by atoms with Crippen molar-refractivity contribution >= 4 is 17.2 Å². The molecule has 0 fully saturated rings. The third-order valence-corrected chi connectivity index (χ3v) is 3.83. The molecule has 0 spiro atoms. The van der Waals surface area contributed by atoms with E-state index >= 15 is 0 Å². The van der Waals surface area contributed by atoms with Crippen LogP contribution in [0.5, 0.6) is 0 Å². The van der Waals surface area contributed by atoms with Crippen LogP contribution in [-0.4, -0.2) is 15.5 Å². The first kappa shape index (κ1) is 17.4. The molecule has 23 heavy (non-hydrogen) atoms. The molecular formula is C15H16F3N3OS. The molecule has 0 aliphatic carbocycles. The Bertz CT molecular complexity index is 797. The Kier molecular flexibility index (Phi) is 4.48. The van der Waals surface area contributed by atoms with E-state index in [0.29, 0.717) is 4.80 Å². The van der Waals surface area contributed by atoms with Gasteiger partial charge in [0.15, 0.2) is 4.80 Å². The maximum atomic E-state index is 12.8. The number of thiazole rings is 1. The number of aromatic nitrogens is 2. The van der Waals surface area contributed by atoms with E-state index < -0.39 is 17.2 Å². The summed E-state index contributed by atoms with van der Waals surface area (Å²) < 4.78 is 39.9. The van der Waals surface area contributed by atoms with Crippen LogP contribution in [0.15, 0.2) is 29.5 Å². The van der Waals surface area contributed by atoms with Crippen LogP contribution in [0, 0.1) is 12.3 Å². The third-order valence-electron chi connectivity index (χ3n) is 2.93. The van der Waals surface area contributed by atoms with Crippen molar-refractivity contribution in [3.63, 3.8) is 0 Å². The van der Waals surface area contributed by atoms with Gasteiger partial charge in [-0.25, -0.2) is 4.98 Å². The van der Waals surface area contributed by atoms with Gasteiger partial charge in [0.05, 0.1) is 5.56 Å². The maximum Gasteiger partial charge on any atom is 0.416 e. The van der Waals surface area contributed by atoms with E-state index in [0.717, 1.165) is 23.2 Å². The fourth-order valence-corrected chi connectivity index (χ4v) is 2.50. The number of carbonyl (C=O) groups is 1. The molecule has 0 unspecified atom stereocenters. The van der Waals surface area contributed by atoms with Crippen molar-refractivity contribution in [2.24, 2.45) is 10.4 Å². The summed E-state index contributed by atoms with van der Waals surface area (Å²) in [6.07, 6.45) is -1.75. The average molecular weight is 343 g/mol. The molecule has 0 aliphatic rings. The third kappa shape index (κ3) is 4.07. The van der Waals surface area contributed by atoms with Gasteiger partial charge in [-0.2, -0.15) is 18.2 Å². The number of amides is 1. The van der Waals surface area contributed by atoms with Crippen LogP contribution in [-0.2, 0) is 11.0 Å². The molecule has 0 bridgehead atoms. The highest BCUT2D eigenvalue weighted by Crippen LogP contribution is 2.29. The summed E-state index contributed by atoms with van der Waals surface area (Å²) in [5.74, 6) is -0.273. The van der Waals surface area contributed by atoms with Crippen molar-refractivity contribution < 1.29 is 18.0 Å². The molecule has 1 amide bonds. The predicted molar refractivity (Wildman–Crippen MR) is 81.2 cm³/mol. The summed E-state index contributed by atoms with van der Waals surface area (Å²) >= 11 is 1.22. The number of alkyl halides is 3. The molecule has 0 N–H and O–H groups in total. The Morgan fingerprint density at radius 1 is 1.30 bits per heavy atom.